The molecule has 0 aliphatic carbocycles. The van der Waals surface area contributed by atoms with Crippen LogP contribution in [0.4, 0.5) is 10.1 Å². The number of benzene rings is 1. The number of likely N-dealkylation sites (N-methyl/N-ethyl adjacent to an activating group) is 1. The highest BCUT2D eigenvalue weighted by atomic mass is 32.1. The Morgan fingerprint density at radius 2 is 1.86 bits per heavy atom. The van der Waals surface area contributed by atoms with Crippen molar-refractivity contribution in [2.24, 2.45) is 0 Å². The van der Waals surface area contributed by atoms with Gasteiger partial charge in [0, 0.05) is 43.3 Å². The molecule has 1 saturated heterocycles. The van der Waals surface area contributed by atoms with Crippen molar-refractivity contribution in [3.8, 4) is 0 Å². The molecule has 1 aliphatic rings. The number of rotatable bonds is 7. The number of carbonyl (C=O) groups excluding carboxylic acids is 2. The Balaban J connectivity index is 1.38. The van der Waals surface area contributed by atoms with Crippen LogP contribution in [0.3, 0.4) is 0 Å². The smallest absolute Gasteiger partial charge is 0.238 e. The van der Waals surface area contributed by atoms with E-state index >= 15 is 0 Å². The number of anilines is 1. The Morgan fingerprint density at radius 3 is 2.50 bits per heavy atom. The first-order valence-corrected chi connectivity index (χ1v) is 10.1. The largest absolute Gasteiger partial charge is 0.339 e. The van der Waals surface area contributed by atoms with Crippen LogP contribution in [-0.2, 0) is 16.1 Å². The molecule has 150 valence electrons. The van der Waals surface area contributed by atoms with E-state index in [1.807, 2.05) is 33.2 Å². The minimum atomic E-state index is -0.333. The lowest BCUT2D eigenvalue weighted by Crippen LogP contribution is -2.52. The number of hydrogen-bond acceptors (Lipinski definition) is 5. The Morgan fingerprint density at radius 1 is 1.14 bits per heavy atom. The Labute approximate surface area is 168 Å². The first-order chi connectivity index (χ1) is 13.5. The molecule has 6 nitrogen and oxygen atoms in total. The van der Waals surface area contributed by atoms with Gasteiger partial charge in [-0.3, -0.25) is 19.4 Å². The summed E-state index contributed by atoms with van der Waals surface area (Å²) in [6, 6.07) is 9.79. The first-order valence-electron chi connectivity index (χ1n) is 9.26. The van der Waals surface area contributed by atoms with E-state index in [1.165, 1.54) is 29.1 Å². The average molecular weight is 405 g/mol. The molecule has 2 heterocycles. The summed E-state index contributed by atoms with van der Waals surface area (Å²) in [5.41, 5.74) is 0.578. The van der Waals surface area contributed by atoms with Crippen molar-refractivity contribution < 1.29 is 14.0 Å². The second kappa shape index (κ2) is 9.77. The fourth-order valence-corrected chi connectivity index (χ4v) is 3.93. The highest BCUT2D eigenvalue weighted by Crippen LogP contribution is 2.12. The molecule has 0 unspecified atom stereocenters. The molecule has 2 aromatic rings. The average Bonchev–Trinajstić information content (AvgIpc) is 3.17. The van der Waals surface area contributed by atoms with Crippen molar-refractivity contribution in [1.82, 2.24) is 14.7 Å². The molecule has 28 heavy (non-hydrogen) atoms. The van der Waals surface area contributed by atoms with Crippen LogP contribution in [0.1, 0.15) is 4.88 Å². The molecule has 0 radical (unpaired) electrons. The van der Waals surface area contributed by atoms with Gasteiger partial charge in [0.15, 0.2) is 0 Å². The number of carbonyl (C=O) groups is 2. The molecule has 8 heteroatoms. The molecule has 0 saturated carbocycles. The molecule has 1 aliphatic heterocycles. The van der Waals surface area contributed by atoms with Crippen LogP contribution in [0, 0.1) is 5.82 Å². The van der Waals surface area contributed by atoms with Crippen molar-refractivity contribution in [1.29, 1.82) is 0 Å². The van der Waals surface area contributed by atoms with E-state index in [0.29, 0.717) is 38.4 Å². The zero-order chi connectivity index (χ0) is 19.9. The zero-order valence-electron chi connectivity index (χ0n) is 15.9. The summed E-state index contributed by atoms with van der Waals surface area (Å²) >= 11 is 1.69. The third-order valence-corrected chi connectivity index (χ3v) is 5.49. The summed E-state index contributed by atoms with van der Waals surface area (Å²) in [5.74, 6) is -0.351. The predicted octanol–water partition coefficient (Wildman–Crippen LogP) is 2.10. The highest BCUT2D eigenvalue weighted by molar-refractivity contribution is 7.09. The van der Waals surface area contributed by atoms with Gasteiger partial charge in [-0.05, 0) is 42.8 Å². The molecule has 2 amide bonds. The summed E-state index contributed by atoms with van der Waals surface area (Å²) in [7, 11) is 1.95. The fraction of sp³-hybridized carbons (Fsp3) is 0.400. The molecule has 0 spiro atoms. The lowest BCUT2D eigenvalue weighted by molar-refractivity contribution is -0.134. The first kappa shape index (κ1) is 20.4. The minimum Gasteiger partial charge on any atom is -0.339 e. The monoisotopic (exact) mass is 404 g/mol. The van der Waals surface area contributed by atoms with Gasteiger partial charge in [-0.15, -0.1) is 11.3 Å². The van der Waals surface area contributed by atoms with Crippen LogP contribution < -0.4 is 5.32 Å². The van der Waals surface area contributed by atoms with Crippen LogP contribution in [0.25, 0.3) is 0 Å². The number of nitrogens with zero attached hydrogens (tertiary/aromatic N) is 3. The number of halogens is 1. The van der Waals surface area contributed by atoms with Crippen molar-refractivity contribution in [3.05, 3.63) is 52.5 Å². The van der Waals surface area contributed by atoms with E-state index in [9.17, 15) is 14.0 Å². The number of amides is 2. The molecule has 1 fully saturated rings. The molecule has 0 bridgehead atoms. The number of thiophene rings is 1. The predicted molar refractivity (Wildman–Crippen MR) is 109 cm³/mol. The van der Waals surface area contributed by atoms with Gasteiger partial charge in [0.25, 0.3) is 0 Å². The molecule has 3 rings (SSSR count). The minimum absolute atomic E-state index is 0.120. The van der Waals surface area contributed by atoms with E-state index in [-0.39, 0.29) is 24.2 Å². The normalized spacial score (nSPS) is 15.0. The maximum absolute atomic E-state index is 12.9. The van der Waals surface area contributed by atoms with Gasteiger partial charge < -0.3 is 10.2 Å². The molecule has 0 atom stereocenters. The van der Waals surface area contributed by atoms with E-state index in [1.54, 1.807) is 11.3 Å². The highest BCUT2D eigenvalue weighted by Gasteiger charge is 2.23. The SMILES string of the molecule is CN(CC(=O)N1CCN(CC(=O)Nc2ccc(F)cc2)CC1)Cc1cccs1. The Bertz CT molecular complexity index is 774. The fourth-order valence-electron chi connectivity index (χ4n) is 3.15. The lowest BCUT2D eigenvalue weighted by Gasteiger charge is -2.35. The van der Waals surface area contributed by atoms with E-state index in [4.69, 9.17) is 0 Å². The van der Waals surface area contributed by atoms with Crippen LogP contribution in [-0.4, -0.2) is 72.8 Å². The lowest BCUT2D eigenvalue weighted by atomic mass is 10.3. The van der Waals surface area contributed by atoms with Crippen molar-refractivity contribution in [2.75, 3.05) is 51.6 Å². The molecule has 1 N–H and O–H groups in total. The van der Waals surface area contributed by atoms with Crippen LogP contribution in [0.5, 0.6) is 0 Å². The van der Waals surface area contributed by atoms with Crippen LogP contribution in [0.15, 0.2) is 41.8 Å². The van der Waals surface area contributed by atoms with E-state index < -0.39 is 0 Å². The van der Waals surface area contributed by atoms with Gasteiger partial charge in [0.2, 0.25) is 11.8 Å². The topological polar surface area (TPSA) is 55.9 Å². The Hall–Kier alpha value is -2.29. The number of nitrogens with one attached hydrogen (secondary N) is 1. The standard InChI is InChI=1S/C20H25FN4O2S/c1-23(13-18-3-2-12-28-18)15-20(27)25-10-8-24(9-11-25)14-19(26)22-17-6-4-16(21)5-7-17/h2-7,12H,8-11,13-15H2,1H3,(H,22,26). The third-order valence-electron chi connectivity index (χ3n) is 4.63. The van der Waals surface area contributed by atoms with Crippen LogP contribution in [0.2, 0.25) is 0 Å². The van der Waals surface area contributed by atoms with Crippen molar-refractivity contribution >= 4 is 28.8 Å². The van der Waals surface area contributed by atoms with Crippen molar-refractivity contribution in [2.45, 2.75) is 6.54 Å². The quantitative estimate of drug-likeness (QED) is 0.768. The molecular formula is C20H25FN4O2S. The van der Waals surface area contributed by atoms with Crippen molar-refractivity contribution in [3.63, 3.8) is 0 Å². The van der Waals surface area contributed by atoms with Gasteiger partial charge in [-0.2, -0.15) is 0 Å². The van der Waals surface area contributed by atoms with Crippen LogP contribution >= 0.6 is 11.3 Å². The Kier molecular flexibility index (Phi) is 7.13. The number of hydrogen-bond donors (Lipinski definition) is 1. The van der Waals surface area contributed by atoms with Gasteiger partial charge in [-0.25, -0.2) is 4.39 Å². The maximum Gasteiger partial charge on any atom is 0.238 e. The molecule has 1 aromatic carbocycles. The summed E-state index contributed by atoms with van der Waals surface area (Å²) in [5, 5.41) is 4.80. The summed E-state index contributed by atoms with van der Waals surface area (Å²) < 4.78 is 12.9. The second-order valence-electron chi connectivity index (χ2n) is 6.96. The second-order valence-corrected chi connectivity index (χ2v) is 8.00. The van der Waals surface area contributed by atoms with Gasteiger partial charge in [0.1, 0.15) is 5.82 Å². The molecule has 1 aromatic heterocycles. The van der Waals surface area contributed by atoms with Gasteiger partial charge in [-0.1, -0.05) is 6.07 Å². The van der Waals surface area contributed by atoms with E-state index in [2.05, 4.69) is 11.4 Å². The number of piperazine rings is 1. The third kappa shape index (κ3) is 6.12. The summed E-state index contributed by atoms with van der Waals surface area (Å²) in [4.78, 5) is 31.8. The zero-order valence-corrected chi connectivity index (χ0v) is 16.8. The maximum atomic E-state index is 12.9. The van der Waals surface area contributed by atoms with Gasteiger partial charge in [0.05, 0.1) is 13.1 Å². The summed E-state index contributed by atoms with van der Waals surface area (Å²) in [6.07, 6.45) is 0. The molecular weight excluding hydrogens is 379 g/mol. The summed E-state index contributed by atoms with van der Waals surface area (Å²) in [6.45, 7) is 3.99. The van der Waals surface area contributed by atoms with Gasteiger partial charge >= 0.3 is 0 Å². The van der Waals surface area contributed by atoms with E-state index in [0.717, 1.165) is 6.54 Å².